The van der Waals surface area contributed by atoms with Gasteiger partial charge in [0.1, 0.15) is 5.82 Å². The topological polar surface area (TPSA) is 0 Å². The maximum atomic E-state index is 15.2. The van der Waals surface area contributed by atoms with Crippen molar-refractivity contribution in [3.05, 3.63) is 95.3 Å². The molecule has 4 aromatic carbocycles. The highest BCUT2D eigenvalue weighted by Gasteiger charge is 2.10. The van der Waals surface area contributed by atoms with Gasteiger partial charge in [0.05, 0.1) is 0 Å². The van der Waals surface area contributed by atoms with E-state index in [2.05, 4.69) is 37.3 Å². The first-order chi connectivity index (χ1) is 14.7. The predicted octanol–water partition coefficient (Wildman–Crippen LogP) is 9.09. The predicted molar refractivity (Wildman–Crippen MR) is 128 cm³/mol. The SMILES string of the molecule is CCCCCCc1ccc(-c2ccc3c(F)c(-c4ccc(Cl)cc4)ccc3c2)cc1. The Morgan fingerprint density at radius 2 is 1.40 bits per heavy atom. The number of fused-ring (bicyclic) bond motifs is 1. The lowest BCUT2D eigenvalue weighted by molar-refractivity contribution is 0.643. The fourth-order valence-corrected chi connectivity index (χ4v) is 4.07. The Kier molecular flexibility index (Phi) is 6.50. The van der Waals surface area contributed by atoms with Crippen molar-refractivity contribution in [1.82, 2.24) is 0 Å². The van der Waals surface area contributed by atoms with Crippen molar-refractivity contribution in [2.24, 2.45) is 0 Å². The number of rotatable bonds is 7. The molecule has 0 aliphatic heterocycles. The van der Waals surface area contributed by atoms with E-state index >= 15 is 4.39 Å². The highest BCUT2D eigenvalue weighted by Crippen LogP contribution is 2.32. The van der Waals surface area contributed by atoms with Gasteiger partial charge in [-0.25, -0.2) is 4.39 Å². The van der Waals surface area contributed by atoms with E-state index in [9.17, 15) is 0 Å². The number of benzene rings is 4. The fourth-order valence-electron chi connectivity index (χ4n) is 3.94. The number of aryl methyl sites for hydroxylation is 1. The lowest BCUT2D eigenvalue weighted by Gasteiger charge is -2.10. The van der Waals surface area contributed by atoms with Gasteiger partial charge in [0.25, 0.3) is 0 Å². The van der Waals surface area contributed by atoms with E-state index in [0.29, 0.717) is 16.0 Å². The van der Waals surface area contributed by atoms with E-state index in [4.69, 9.17) is 11.6 Å². The van der Waals surface area contributed by atoms with Crippen LogP contribution in [0.25, 0.3) is 33.0 Å². The Hall–Kier alpha value is -2.64. The largest absolute Gasteiger partial charge is 0.206 e. The van der Waals surface area contributed by atoms with E-state index in [0.717, 1.165) is 28.5 Å². The van der Waals surface area contributed by atoms with Crippen LogP contribution in [-0.2, 0) is 6.42 Å². The van der Waals surface area contributed by atoms with Gasteiger partial charge >= 0.3 is 0 Å². The van der Waals surface area contributed by atoms with Crippen LogP contribution >= 0.6 is 11.6 Å². The van der Waals surface area contributed by atoms with E-state index in [1.807, 2.05) is 36.4 Å². The van der Waals surface area contributed by atoms with Gasteiger partial charge in [-0.2, -0.15) is 0 Å². The molecule has 0 aromatic heterocycles. The number of hydrogen-bond acceptors (Lipinski definition) is 0. The third-order valence-electron chi connectivity index (χ3n) is 5.72. The number of halogens is 2. The van der Waals surface area contributed by atoms with Crippen molar-refractivity contribution in [2.45, 2.75) is 39.0 Å². The summed E-state index contributed by atoms with van der Waals surface area (Å²) in [7, 11) is 0. The molecule has 0 fully saturated rings. The third-order valence-corrected chi connectivity index (χ3v) is 5.97. The second-order valence-corrected chi connectivity index (χ2v) is 8.31. The summed E-state index contributed by atoms with van der Waals surface area (Å²) in [5.41, 5.74) is 5.08. The van der Waals surface area contributed by atoms with E-state index in [1.54, 1.807) is 12.1 Å². The molecule has 0 radical (unpaired) electrons. The molecule has 0 unspecified atom stereocenters. The molecule has 0 heterocycles. The van der Waals surface area contributed by atoms with Gasteiger partial charge in [-0.3, -0.25) is 0 Å². The van der Waals surface area contributed by atoms with Crippen LogP contribution in [0.1, 0.15) is 38.2 Å². The molecule has 0 saturated heterocycles. The summed E-state index contributed by atoms with van der Waals surface area (Å²) in [6, 6.07) is 25.9. The Balaban J connectivity index is 1.58. The molecule has 0 amide bonds. The first kappa shape index (κ1) is 20.6. The van der Waals surface area contributed by atoms with Crippen LogP contribution in [0.15, 0.2) is 78.9 Å². The summed E-state index contributed by atoms with van der Waals surface area (Å²) >= 11 is 5.96. The monoisotopic (exact) mass is 416 g/mol. The van der Waals surface area contributed by atoms with E-state index < -0.39 is 0 Å². The Bertz CT molecular complexity index is 1130. The molecular formula is C28H26ClF. The molecule has 0 bridgehead atoms. The molecule has 2 heteroatoms. The summed E-state index contributed by atoms with van der Waals surface area (Å²) < 4.78 is 15.2. The fraction of sp³-hybridized carbons (Fsp3) is 0.214. The van der Waals surface area contributed by atoms with Gasteiger partial charge < -0.3 is 0 Å². The quantitative estimate of drug-likeness (QED) is 0.263. The van der Waals surface area contributed by atoms with Crippen molar-refractivity contribution in [2.75, 3.05) is 0 Å². The molecule has 0 atom stereocenters. The lowest BCUT2D eigenvalue weighted by Crippen LogP contribution is -1.89. The molecule has 152 valence electrons. The minimum atomic E-state index is -0.191. The van der Waals surface area contributed by atoms with Crippen LogP contribution in [0, 0.1) is 5.82 Å². The van der Waals surface area contributed by atoms with Gasteiger partial charge in [-0.05, 0) is 58.7 Å². The van der Waals surface area contributed by atoms with Gasteiger partial charge in [0.15, 0.2) is 0 Å². The molecule has 4 rings (SSSR count). The average Bonchev–Trinajstić information content (AvgIpc) is 2.78. The molecule has 0 aliphatic rings. The Morgan fingerprint density at radius 3 is 2.13 bits per heavy atom. The zero-order valence-electron chi connectivity index (χ0n) is 17.3. The van der Waals surface area contributed by atoms with Crippen LogP contribution < -0.4 is 0 Å². The van der Waals surface area contributed by atoms with Gasteiger partial charge in [-0.1, -0.05) is 98.5 Å². The van der Waals surface area contributed by atoms with Crippen LogP contribution in [0.2, 0.25) is 5.02 Å². The third kappa shape index (κ3) is 4.57. The smallest absolute Gasteiger partial charge is 0.138 e. The molecule has 4 aromatic rings. The zero-order chi connectivity index (χ0) is 20.9. The van der Waals surface area contributed by atoms with Crippen LogP contribution in [0.5, 0.6) is 0 Å². The summed E-state index contributed by atoms with van der Waals surface area (Å²) in [5, 5.41) is 2.20. The van der Waals surface area contributed by atoms with Crippen molar-refractivity contribution < 1.29 is 4.39 Å². The second kappa shape index (κ2) is 9.45. The summed E-state index contributed by atoms with van der Waals surface area (Å²) in [5.74, 6) is -0.191. The van der Waals surface area contributed by atoms with Crippen LogP contribution in [0.3, 0.4) is 0 Å². The molecular weight excluding hydrogens is 391 g/mol. The maximum Gasteiger partial charge on any atom is 0.138 e. The normalized spacial score (nSPS) is 11.2. The van der Waals surface area contributed by atoms with Gasteiger partial charge in [-0.15, -0.1) is 0 Å². The van der Waals surface area contributed by atoms with Crippen LogP contribution in [-0.4, -0.2) is 0 Å². The summed E-state index contributed by atoms with van der Waals surface area (Å²) in [6.07, 6.45) is 6.26. The van der Waals surface area contributed by atoms with Crippen molar-refractivity contribution in [3.8, 4) is 22.3 Å². The molecule has 0 saturated carbocycles. The van der Waals surface area contributed by atoms with Gasteiger partial charge in [0.2, 0.25) is 0 Å². The molecule has 0 spiro atoms. The highest BCUT2D eigenvalue weighted by atomic mass is 35.5. The second-order valence-electron chi connectivity index (χ2n) is 7.88. The number of hydrogen-bond donors (Lipinski definition) is 0. The zero-order valence-corrected chi connectivity index (χ0v) is 18.1. The maximum absolute atomic E-state index is 15.2. The van der Waals surface area contributed by atoms with Gasteiger partial charge in [0, 0.05) is 16.0 Å². The van der Waals surface area contributed by atoms with Crippen molar-refractivity contribution in [3.63, 3.8) is 0 Å². The molecule has 0 aliphatic carbocycles. The Labute approximate surface area is 183 Å². The molecule has 0 N–H and O–H groups in total. The number of unbranched alkanes of at least 4 members (excludes halogenated alkanes) is 3. The first-order valence-corrected chi connectivity index (χ1v) is 11.1. The average molecular weight is 417 g/mol. The van der Waals surface area contributed by atoms with Crippen LogP contribution in [0.4, 0.5) is 4.39 Å². The van der Waals surface area contributed by atoms with Crippen molar-refractivity contribution in [1.29, 1.82) is 0 Å². The molecule has 0 nitrogen and oxygen atoms in total. The van der Waals surface area contributed by atoms with Crippen molar-refractivity contribution >= 4 is 22.4 Å². The van der Waals surface area contributed by atoms with E-state index in [1.165, 1.54) is 31.2 Å². The minimum absolute atomic E-state index is 0.191. The summed E-state index contributed by atoms with van der Waals surface area (Å²) in [4.78, 5) is 0. The minimum Gasteiger partial charge on any atom is -0.206 e. The lowest BCUT2D eigenvalue weighted by atomic mass is 9.96. The Morgan fingerprint density at radius 1 is 0.700 bits per heavy atom. The molecule has 30 heavy (non-hydrogen) atoms. The summed E-state index contributed by atoms with van der Waals surface area (Å²) in [6.45, 7) is 2.24. The standard InChI is InChI=1S/C28H26ClF/c1-2-3-4-5-6-20-7-9-21(10-8-20)23-13-17-27-24(19-23)14-18-26(28(27)30)22-11-15-25(29)16-12-22/h7-19H,2-6H2,1H3. The highest BCUT2D eigenvalue weighted by molar-refractivity contribution is 6.30. The first-order valence-electron chi connectivity index (χ1n) is 10.7. The van der Waals surface area contributed by atoms with E-state index in [-0.39, 0.29) is 5.82 Å².